The van der Waals surface area contributed by atoms with E-state index in [1.54, 1.807) is 7.11 Å². The molecule has 1 aromatic carbocycles. The maximum Gasteiger partial charge on any atom is 0.118 e. The smallest absolute Gasteiger partial charge is 0.118 e. The number of ether oxygens (including phenoxy) is 1. The van der Waals surface area contributed by atoms with Crippen LogP contribution in [0.15, 0.2) is 24.3 Å². The van der Waals surface area contributed by atoms with E-state index in [1.807, 2.05) is 38.1 Å². The quantitative estimate of drug-likeness (QED) is 0.797. The number of aliphatic hydroxyl groups is 2. The Morgan fingerprint density at radius 2 is 1.71 bits per heavy atom. The molecule has 3 nitrogen and oxygen atoms in total. The van der Waals surface area contributed by atoms with Gasteiger partial charge in [-0.3, -0.25) is 0 Å². The van der Waals surface area contributed by atoms with E-state index in [0.717, 1.165) is 17.7 Å². The second-order valence-electron chi connectivity index (χ2n) is 4.69. The van der Waals surface area contributed by atoms with Crippen molar-refractivity contribution in [1.29, 1.82) is 0 Å². The Hall–Kier alpha value is -1.06. The molecule has 0 heterocycles. The van der Waals surface area contributed by atoms with Crippen LogP contribution in [-0.4, -0.2) is 29.5 Å². The summed E-state index contributed by atoms with van der Waals surface area (Å²) < 4.78 is 5.08. The van der Waals surface area contributed by atoms with Gasteiger partial charge in [-0.05, 0) is 36.5 Å². The van der Waals surface area contributed by atoms with E-state index in [1.165, 1.54) is 0 Å². The van der Waals surface area contributed by atoms with Crippen molar-refractivity contribution in [3.8, 4) is 5.75 Å². The van der Waals surface area contributed by atoms with Gasteiger partial charge in [-0.1, -0.05) is 26.0 Å². The van der Waals surface area contributed by atoms with Gasteiger partial charge >= 0.3 is 0 Å². The summed E-state index contributed by atoms with van der Waals surface area (Å²) in [6.45, 7) is 3.81. The van der Waals surface area contributed by atoms with E-state index in [-0.39, 0.29) is 5.92 Å². The Balaban J connectivity index is 2.44. The van der Waals surface area contributed by atoms with Gasteiger partial charge in [0, 0.05) is 0 Å². The summed E-state index contributed by atoms with van der Waals surface area (Å²) in [6.07, 6.45) is 0.0333. The lowest BCUT2D eigenvalue weighted by molar-refractivity contribution is -0.0118. The molecule has 2 atom stereocenters. The molecule has 0 aliphatic carbocycles. The largest absolute Gasteiger partial charge is 0.497 e. The zero-order chi connectivity index (χ0) is 12.8. The lowest BCUT2D eigenvalue weighted by Gasteiger charge is -2.20. The highest BCUT2D eigenvalue weighted by molar-refractivity contribution is 5.27. The molecule has 3 heteroatoms. The Morgan fingerprint density at radius 1 is 1.12 bits per heavy atom. The standard InChI is InChI=1S/C14H22O3/c1-10(2)14(16)13(15)9-6-11-4-7-12(17-3)8-5-11/h4-5,7-8,10,13-16H,6,9H2,1-3H3. The number of aliphatic hydroxyl groups excluding tert-OH is 2. The van der Waals surface area contributed by atoms with Crippen molar-refractivity contribution in [2.45, 2.75) is 38.9 Å². The second-order valence-corrected chi connectivity index (χ2v) is 4.69. The van der Waals surface area contributed by atoms with Gasteiger partial charge in [-0.15, -0.1) is 0 Å². The first-order valence-electron chi connectivity index (χ1n) is 6.03. The molecule has 0 amide bonds. The van der Waals surface area contributed by atoms with Gasteiger partial charge in [-0.25, -0.2) is 0 Å². The topological polar surface area (TPSA) is 49.7 Å². The van der Waals surface area contributed by atoms with Gasteiger partial charge in [0.25, 0.3) is 0 Å². The highest BCUT2D eigenvalue weighted by atomic mass is 16.5. The zero-order valence-electron chi connectivity index (χ0n) is 10.8. The predicted molar refractivity (Wildman–Crippen MR) is 68.2 cm³/mol. The highest BCUT2D eigenvalue weighted by Gasteiger charge is 2.19. The molecule has 0 saturated heterocycles. The first-order valence-corrected chi connectivity index (χ1v) is 6.03. The first kappa shape index (κ1) is 14.0. The number of aryl methyl sites for hydroxylation is 1. The second kappa shape index (κ2) is 6.62. The number of benzene rings is 1. The van der Waals surface area contributed by atoms with Crippen LogP contribution < -0.4 is 4.74 Å². The van der Waals surface area contributed by atoms with Gasteiger partial charge in [-0.2, -0.15) is 0 Å². The van der Waals surface area contributed by atoms with Crippen LogP contribution in [0.3, 0.4) is 0 Å². The lowest BCUT2D eigenvalue weighted by Crippen LogP contribution is -2.31. The maximum atomic E-state index is 9.78. The molecule has 0 saturated carbocycles. The number of rotatable bonds is 6. The third-order valence-corrected chi connectivity index (χ3v) is 2.97. The van der Waals surface area contributed by atoms with E-state index >= 15 is 0 Å². The number of hydrogen-bond acceptors (Lipinski definition) is 3. The molecule has 0 aromatic heterocycles. The summed E-state index contributed by atoms with van der Waals surface area (Å²) in [5, 5.41) is 19.5. The Bertz CT molecular complexity index is 319. The average molecular weight is 238 g/mol. The molecule has 0 spiro atoms. The van der Waals surface area contributed by atoms with Crippen LogP contribution in [-0.2, 0) is 6.42 Å². The van der Waals surface area contributed by atoms with E-state index in [4.69, 9.17) is 4.74 Å². The Labute approximate surface area is 103 Å². The molecule has 0 aliphatic heterocycles. The van der Waals surface area contributed by atoms with Crippen LogP contribution in [0.4, 0.5) is 0 Å². The van der Waals surface area contributed by atoms with Crippen LogP contribution in [0.1, 0.15) is 25.8 Å². The fourth-order valence-electron chi connectivity index (χ4n) is 1.72. The third-order valence-electron chi connectivity index (χ3n) is 2.97. The minimum atomic E-state index is -0.655. The first-order chi connectivity index (χ1) is 8.04. The minimum absolute atomic E-state index is 0.0841. The van der Waals surface area contributed by atoms with Gasteiger partial charge in [0.15, 0.2) is 0 Å². The highest BCUT2D eigenvalue weighted by Crippen LogP contribution is 2.15. The molecule has 0 aliphatic rings. The van der Waals surface area contributed by atoms with Crippen LogP contribution in [0, 0.1) is 5.92 Å². The molecular formula is C14H22O3. The van der Waals surface area contributed by atoms with E-state index in [9.17, 15) is 10.2 Å². The monoisotopic (exact) mass is 238 g/mol. The summed E-state index contributed by atoms with van der Waals surface area (Å²) in [5.41, 5.74) is 1.14. The van der Waals surface area contributed by atoms with Crippen molar-refractivity contribution in [3.05, 3.63) is 29.8 Å². The van der Waals surface area contributed by atoms with Gasteiger partial charge in [0.05, 0.1) is 19.3 Å². The molecule has 0 fully saturated rings. The van der Waals surface area contributed by atoms with E-state index in [0.29, 0.717) is 6.42 Å². The molecule has 1 rings (SSSR count). The number of hydrogen-bond donors (Lipinski definition) is 2. The number of methoxy groups -OCH3 is 1. The maximum absolute atomic E-state index is 9.78. The van der Waals surface area contributed by atoms with E-state index in [2.05, 4.69) is 0 Å². The molecular weight excluding hydrogens is 216 g/mol. The fourth-order valence-corrected chi connectivity index (χ4v) is 1.72. The fraction of sp³-hybridized carbons (Fsp3) is 0.571. The summed E-state index contributed by atoms with van der Waals surface area (Å²) in [4.78, 5) is 0. The minimum Gasteiger partial charge on any atom is -0.497 e. The van der Waals surface area contributed by atoms with Crippen molar-refractivity contribution >= 4 is 0 Å². The Morgan fingerprint density at radius 3 is 2.18 bits per heavy atom. The van der Waals surface area contributed by atoms with E-state index < -0.39 is 12.2 Å². The van der Waals surface area contributed by atoms with Gasteiger partial charge in [0.1, 0.15) is 5.75 Å². The summed E-state index contributed by atoms with van der Waals surface area (Å²) in [6, 6.07) is 7.77. The normalized spacial score (nSPS) is 14.7. The van der Waals surface area contributed by atoms with Crippen molar-refractivity contribution in [2.75, 3.05) is 7.11 Å². The SMILES string of the molecule is COc1ccc(CCC(O)C(O)C(C)C)cc1. The third kappa shape index (κ3) is 4.36. The summed E-state index contributed by atoms with van der Waals surface area (Å²) >= 11 is 0. The predicted octanol–water partition coefficient (Wildman–Crippen LogP) is 2.01. The molecule has 0 radical (unpaired) electrons. The van der Waals surface area contributed by atoms with Crippen molar-refractivity contribution in [2.24, 2.45) is 5.92 Å². The Kier molecular flexibility index (Phi) is 5.45. The van der Waals surface area contributed by atoms with Crippen molar-refractivity contribution in [1.82, 2.24) is 0 Å². The summed E-state index contributed by atoms with van der Waals surface area (Å²) in [5.74, 6) is 0.914. The van der Waals surface area contributed by atoms with Crippen LogP contribution in [0.2, 0.25) is 0 Å². The van der Waals surface area contributed by atoms with Gasteiger partial charge in [0.2, 0.25) is 0 Å². The molecule has 2 unspecified atom stereocenters. The molecule has 0 bridgehead atoms. The molecule has 96 valence electrons. The molecule has 17 heavy (non-hydrogen) atoms. The molecule has 2 N–H and O–H groups in total. The average Bonchev–Trinajstić information content (AvgIpc) is 2.35. The van der Waals surface area contributed by atoms with Gasteiger partial charge < -0.3 is 14.9 Å². The van der Waals surface area contributed by atoms with Crippen LogP contribution in [0.5, 0.6) is 5.75 Å². The lowest BCUT2D eigenvalue weighted by atomic mass is 9.97. The van der Waals surface area contributed by atoms with Crippen LogP contribution in [0.25, 0.3) is 0 Å². The summed E-state index contributed by atoms with van der Waals surface area (Å²) in [7, 11) is 1.64. The molecule has 1 aromatic rings. The van der Waals surface area contributed by atoms with Crippen LogP contribution >= 0.6 is 0 Å². The zero-order valence-corrected chi connectivity index (χ0v) is 10.8. The van der Waals surface area contributed by atoms with Crippen molar-refractivity contribution in [3.63, 3.8) is 0 Å². The van der Waals surface area contributed by atoms with Crippen molar-refractivity contribution < 1.29 is 14.9 Å².